The van der Waals surface area contributed by atoms with Crippen molar-refractivity contribution in [3.63, 3.8) is 0 Å². The van der Waals surface area contributed by atoms with E-state index < -0.39 is 0 Å². The van der Waals surface area contributed by atoms with Crippen molar-refractivity contribution in [1.29, 1.82) is 5.26 Å². The van der Waals surface area contributed by atoms with Gasteiger partial charge < -0.3 is 9.47 Å². The molecule has 80 valence electrons. The van der Waals surface area contributed by atoms with Crippen LogP contribution < -0.4 is 4.74 Å². The zero-order valence-corrected chi connectivity index (χ0v) is 9.06. The Bertz CT molecular complexity index is 326. The first-order chi connectivity index (χ1) is 7.30. The predicted octanol–water partition coefficient (Wildman–Crippen LogP) is 2.51. The number of methoxy groups -OCH3 is 1. The standard InChI is InChI=1S/C12H15NO2/c1-3-11(8-13)15-9-10-4-6-12(14-2)7-5-10/h4-7,11H,3,9H2,1-2H3. The molecule has 1 aromatic carbocycles. The molecule has 0 amide bonds. The summed E-state index contributed by atoms with van der Waals surface area (Å²) in [4.78, 5) is 0. The summed E-state index contributed by atoms with van der Waals surface area (Å²) < 4.78 is 10.4. The molecular formula is C12H15NO2. The fourth-order valence-corrected chi connectivity index (χ4v) is 1.16. The minimum Gasteiger partial charge on any atom is -0.497 e. The topological polar surface area (TPSA) is 42.2 Å². The molecule has 1 unspecified atom stereocenters. The van der Waals surface area contributed by atoms with Crippen LogP contribution >= 0.6 is 0 Å². The Morgan fingerprint density at radius 1 is 1.33 bits per heavy atom. The van der Waals surface area contributed by atoms with E-state index in [1.54, 1.807) is 7.11 Å². The van der Waals surface area contributed by atoms with Crippen LogP contribution in [0.25, 0.3) is 0 Å². The number of nitrogens with zero attached hydrogens (tertiary/aromatic N) is 1. The van der Waals surface area contributed by atoms with E-state index in [0.29, 0.717) is 13.0 Å². The second-order valence-electron chi connectivity index (χ2n) is 3.19. The average molecular weight is 205 g/mol. The molecule has 15 heavy (non-hydrogen) atoms. The Morgan fingerprint density at radius 2 is 2.00 bits per heavy atom. The zero-order valence-electron chi connectivity index (χ0n) is 9.06. The first kappa shape index (κ1) is 11.5. The van der Waals surface area contributed by atoms with Crippen LogP contribution in [0.4, 0.5) is 0 Å². The summed E-state index contributed by atoms with van der Waals surface area (Å²) in [7, 11) is 1.63. The Labute approximate surface area is 90.2 Å². The van der Waals surface area contributed by atoms with E-state index >= 15 is 0 Å². The molecule has 0 aliphatic rings. The van der Waals surface area contributed by atoms with Crippen molar-refractivity contribution in [2.45, 2.75) is 26.1 Å². The highest BCUT2D eigenvalue weighted by Crippen LogP contribution is 2.12. The van der Waals surface area contributed by atoms with Crippen molar-refractivity contribution in [2.24, 2.45) is 0 Å². The van der Waals surface area contributed by atoms with Gasteiger partial charge in [-0.2, -0.15) is 5.26 Å². The maximum atomic E-state index is 8.69. The summed E-state index contributed by atoms with van der Waals surface area (Å²) in [5.41, 5.74) is 1.05. The van der Waals surface area contributed by atoms with E-state index in [2.05, 4.69) is 6.07 Å². The lowest BCUT2D eigenvalue weighted by atomic mass is 10.2. The first-order valence-corrected chi connectivity index (χ1v) is 4.94. The molecule has 1 aromatic rings. The third kappa shape index (κ3) is 3.61. The smallest absolute Gasteiger partial charge is 0.144 e. The second-order valence-corrected chi connectivity index (χ2v) is 3.19. The summed E-state index contributed by atoms with van der Waals surface area (Å²) in [5.74, 6) is 0.825. The Morgan fingerprint density at radius 3 is 2.47 bits per heavy atom. The van der Waals surface area contributed by atoms with E-state index in [1.807, 2.05) is 31.2 Å². The molecule has 1 rings (SSSR count). The van der Waals surface area contributed by atoms with Crippen molar-refractivity contribution in [1.82, 2.24) is 0 Å². The van der Waals surface area contributed by atoms with Gasteiger partial charge in [-0.25, -0.2) is 0 Å². The normalized spacial score (nSPS) is 11.8. The van der Waals surface area contributed by atoms with Crippen LogP contribution in [-0.4, -0.2) is 13.2 Å². The van der Waals surface area contributed by atoms with Crippen LogP contribution in [0.3, 0.4) is 0 Å². The van der Waals surface area contributed by atoms with Gasteiger partial charge in [-0.05, 0) is 24.1 Å². The molecule has 0 aromatic heterocycles. The fourth-order valence-electron chi connectivity index (χ4n) is 1.16. The van der Waals surface area contributed by atoms with Gasteiger partial charge in [0.05, 0.1) is 19.8 Å². The summed E-state index contributed by atoms with van der Waals surface area (Å²) in [6, 6.07) is 9.73. The third-order valence-corrected chi connectivity index (χ3v) is 2.13. The van der Waals surface area contributed by atoms with E-state index in [4.69, 9.17) is 14.7 Å². The second kappa shape index (κ2) is 6.05. The summed E-state index contributed by atoms with van der Waals surface area (Å²) in [5, 5.41) is 8.69. The van der Waals surface area contributed by atoms with Crippen LogP contribution in [-0.2, 0) is 11.3 Å². The van der Waals surface area contributed by atoms with Gasteiger partial charge in [-0.15, -0.1) is 0 Å². The fraction of sp³-hybridized carbons (Fsp3) is 0.417. The van der Waals surface area contributed by atoms with Gasteiger partial charge in [0, 0.05) is 0 Å². The molecule has 0 saturated heterocycles. The SMILES string of the molecule is CCC(C#N)OCc1ccc(OC)cc1. The quantitative estimate of drug-likeness (QED) is 0.741. The van der Waals surface area contributed by atoms with E-state index in [0.717, 1.165) is 11.3 Å². The summed E-state index contributed by atoms with van der Waals surface area (Å²) >= 11 is 0. The van der Waals surface area contributed by atoms with Crippen LogP contribution in [0.5, 0.6) is 5.75 Å². The molecule has 0 aliphatic heterocycles. The number of hydrogen-bond acceptors (Lipinski definition) is 3. The highest BCUT2D eigenvalue weighted by atomic mass is 16.5. The van der Waals surface area contributed by atoms with Gasteiger partial charge in [0.1, 0.15) is 11.9 Å². The highest BCUT2D eigenvalue weighted by molar-refractivity contribution is 5.26. The number of benzene rings is 1. The number of hydrogen-bond donors (Lipinski definition) is 0. The minimum atomic E-state index is -0.313. The van der Waals surface area contributed by atoms with Gasteiger partial charge in [0.2, 0.25) is 0 Å². The van der Waals surface area contributed by atoms with Crippen LogP contribution in [0.1, 0.15) is 18.9 Å². The molecule has 0 spiro atoms. The Hall–Kier alpha value is -1.53. The number of nitriles is 1. The first-order valence-electron chi connectivity index (χ1n) is 4.94. The predicted molar refractivity (Wildman–Crippen MR) is 57.5 cm³/mol. The van der Waals surface area contributed by atoms with Crippen molar-refractivity contribution < 1.29 is 9.47 Å². The Kier molecular flexibility index (Phi) is 4.65. The molecule has 0 heterocycles. The number of rotatable bonds is 5. The van der Waals surface area contributed by atoms with Crippen molar-refractivity contribution in [3.05, 3.63) is 29.8 Å². The molecule has 0 radical (unpaired) electrons. The largest absolute Gasteiger partial charge is 0.497 e. The zero-order chi connectivity index (χ0) is 11.1. The Balaban J connectivity index is 2.48. The van der Waals surface area contributed by atoms with E-state index in [-0.39, 0.29) is 6.10 Å². The van der Waals surface area contributed by atoms with E-state index in [1.165, 1.54) is 0 Å². The lowest BCUT2D eigenvalue weighted by molar-refractivity contribution is 0.0745. The van der Waals surface area contributed by atoms with Crippen LogP contribution in [0.15, 0.2) is 24.3 Å². The van der Waals surface area contributed by atoms with Crippen molar-refractivity contribution in [3.8, 4) is 11.8 Å². The minimum absolute atomic E-state index is 0.313. The maximum Gasteiger partial charge on any atom is 0.144 e. The monoisotopic (exact) mass is 205 g/mol. The van der Waals surface area contributed by atoms with Gasteiger partial charge in [0.25, 0.3) is 0 Å². The van der Waals surface area contributed by atoms with Crippen LogP contribution in [0, 0.1) is 11.3 Å². The summed E-state index contributed by atoms with van der Waals surface area (Å²) in [6.07, 6.45) is 0.402. The van der Waals surface area contributed by atoms with Gasteiger partial charge in [-0.3, -0.25) is 0 Å². The molecule has 3 heteroatoms. The van der Waals surface area contributed by atoms with E-state index in [9.17, 15) is 0 Å². The molecule has 0 bridgehead atoms. The number of ether oxygens (including phenoxy) is 2. The van der Waals surface area contributed by atoms with Crippen LogP contribution in [0.2, 0.25) is 0 Å². The summed E-state index contributed by atoms with van der Waals surface area (Å²) in [6.45, 7) is 2.40. The molecule has 0 saturated carbocycles. The molecule has 0 aliphatic carbocycles. The molecule has 3 nitrogen and oxygen atoms in total. The lowest BCUT2D eigenvalue weighted by Crippen LogP contribution is -2.08. The molecule has 0 fully saturated rings. The maximum absolute atomic E-state index is 8.69. The van der Waals surface area contributed by atoms with Gasteiger partial charge >= 0.3 is 0 Å². The third-order valence-electron chi connectivity index (χ3n) is 2.13. The average Bonchev–Trinajstić information content (AvgIpc) is 2.31. The molecule has 0 N–H and O–H groups in total. The highest BCUT2D eigenvalue weighted by Gasteiger charge is 2.04. The van der Waals surface area contributed by atoms with Gasteiger partial charge in [-0.1, -0.05) is 19.1 Å². The van der Waals surface area contributed by atoms with Gasteiger partial charge in [0.15, 0.2) is 0 Å². The van der Waals surface area contributed by atoms with Crippen molar-refractivity contribution in [2.75, 3.05) is 7.11 Å². The lowest BCUT2D eigenvalue weighted by Gasteiger charge is -2.08. The molecular weight excluding hydrogens is 190 g/mol. The molecule has 1 atom stereocenters. The van der Waals surface area contributed by atoms with Crippen molar-refractivity contribution >= 4 is 0 Å².